The van der Waals surface area contributed by atoms with E-state index in [2.05, 4.69) is 5.32 Å². The predicted octanol–water partition coefficient (Wildman–Crippen LogP) is 2.93. The van der Waals surface area contributed by atoms with E-state index in [1.165, 1.54) is 0 Å². The number of hydrogen-bond donors (Lipinski definition) is 2. The number of nitrogens with one attached hydrogen (secondary N) is 1. The summed E-state index contributed by atoms with van der Waals surface area (Å²) in [5.41, 5.74) is 1.68. The molecule has 0 amide bonds. The number of rotatable bonds is 5. The van der Waals surface area contributed by atoms with Crippen LogP contribution in [0.5, 0.6) is 0 Å². The fraction of sp³-hybridized carbons (Fsp3) is 0.500. The predicted molar refractivity (Wildman–Crippen MR) is 96.1 cm³/mol. The van der Waals surface area contributed by atoms with Crippen LogP contribution < -0.4 is 5.32 Å². The molecule has 0 saturated carbocycles. The molecular formula is C18H26BNO4. The van der Waals surface area contributed by atoms with Crippen LogP contribution in [0.1, 0.15) is 49.2 Å². The van der Waals surface area contributed by atoms with E-state index in [-0.39, 0.29) is 0 Å². The molecule has 0 atom stereocenters. The van der Waals surface area contributed by atoms with Crippen LogP contribution in [-0.4, -0.2) is 43.0 Å². The van der Waals surface area contributed by atoms with Crippen LogP contribution in [0, 0.1) is 6.92 Å². The van der Waals surface area contributed by atoms with Gasteiger partial charge in [-0.3, -0.25) is 0 Å². The lowest BCUT2D eigenvalue weighted by atomic mass is 9.76. The number of carboxylic acid groups (broad SMARTS) is 1. The van der Waals surface area contributed by atoms with Crippen molar-refractivity contribution in [3.05, 3.63) is 40.4 Å². The number of carbonyl (C=O) groups is 1. The lowest BCUT2D eigenvalue weighted by Crippen LogP contribution is -2.41. The maximum absolute atomic E-state index is 11.6. The summed E-state index contributed by atoms with van der Waals surface area (Å²) in [5, 5.41) is 12.6. The highest BCUT2D eigenvalue weighted by Gasteiger charge is 2.52. The molecule has 1 saturated heterocycles. The van der Waals surface area contributed by atoms with Crippen molar-refractivity contribution in [2.75, 3.05) is 13.6 Å². The van der Waals surface area contributed by atoms with Crippen LogP contribution in [0.15, 0.2) is 23.7 Å². The van der Waals surface area contributed by atoms with E-state index in [0.29, 0.717) is 17.7 Å². The van der Waals surface area contributed by atoms with Gasteiger partial charge in [0, 0.05) is 6.54 Å². The first-order valence-electron chi connectivity index (χ1n) is 8.12. The molecule has 0 radical (unpaired) electrons. The Hall–Kier alpha value is -1.63. The van der Waals surface area contributed by atoms with Crippen LogP contribution in [0.25, 0.3) is 6.08 Å². The molecule has 1 heterocycles. The highest BCUT2D eigenvalue weighted by atomic mass is 16.7. The molecule has 1 fully saturated rings. The van der Waals surface area contributed by atoms with Crippen molar-refractivity contribution in [1.29, 1.82) is 0 Å². The Bertz CT molecular complexity index is 651. The Labute approximate surface area is 144 Å². The highest BCUT2D eigenvalue weighted by Crippen LogP contribution is 2.38. The van der Waals surface area contributed by atoms with E-state index in [0.717, 1.165) is 11.0 Å². The summed E-state index contributed by atoms with van der Waals surface area (Å²) in [6.07, 6.45) is 1.86. The average Bonchev–Trinajstić information content (AvgIpc) is 2.66. The third-order valence-corrected chi connectivity index (χ3v) is 4.80. The summed E-state index contributed by atoms with van der Waals surface area (Å²) in [6, 6.07) is 5.46. The van der Waals surface area contributed by atoms with Gasteiger partial charge in [0.2, 0.25) is 0 Å². The standard InChI is InChI=1S/C18H26BNO4/c1-12-8-7-9-13(15(12)16(21)22)10-14(11-20-6)19-23-17(2,3)18(4,5)24-19/h7-10,20H,11H2,1-6H3,(H,21,22). The monoisotopic (exact) mass is 331 g/mol. The van der Waals surface area contributed by atoms with Crippen LogP contribution in [0.2, 0.25) is 0 Å². The molecule has 2 rings (SSSR count). The van der Waals surface area contributed by atoms with Crippen LogP contribution in [-0.2, 0) is 9.31 Å². The first-order chi connectivity index (χ1) is 11.1. The number of aromatic carboxylic acids is 1. The van der Waals surface area contributed by atoms with Gasteiger partial charge in [0.05, 0.1) is 16.8 Å². The van der Waals surface area contributed by atoms with Gasteiger partial charge in [-0.2, -0.15) is 0 Å². The van der Waals surface area contributed by atoms with Gasteiger partial charge < -0.3 is 19.7 Å². The molecule has 5 nitrogen and oxygen atoms in total. The maximum atomic E-state index is 11.6. The van der Waals surface area contributed by atoms with Gasteiger partial charge in [-0.1, -0.05) is 24.3 Å². The molecule has 24 heavy (non-hydrogen) atoms. The fourth-order valence-electron chi connectivity index (χ4n) is 2.70. The summed E-state index contributed by atoms with van der Waals surface area (Å²) in [7, 11) is 1.33. The van der Waals surface area contributed by atoms with Crippen LogP contribution in [0.4, 0.5) is 0 Å². The number of aryl methyl sites for hydroxylation is 1. The van der Waals surface area contributed by atoms with Crippen molar-refractivity contribution in [2.45, 2.75) is 45.8 Å². The SMILES string of the molecule is CNCC(=Cc1cccc(C)c1C(=O)O)B1OC(C)(C)C(C)(C)O1. The molecule has 0 unspecified atom stereocenters. The van der Waals surface area contributed by atoms with E-state index < -0.39 is 24.3 Å². The van der Waals surface area contributed by atoms with Gasteiger partial charge in [-0.25, -0.2) is 4.79 Å². The molecule has 1 aromatic rings. The van der Waals surface area contributed by atoms with Gasteiger partial charge in [0.15, 0.2) is 0 Å². The number of carboxylic acids is 1. The first kappa shape index (κ1) is 18.7. The minimum atomic E-state index is -0.933. The summed E-state index contributed by atoms with van der Waals surface area (Å²) >= 11 is 0. The van der Waals surface area contributed by atoms with Gasteiger partial charge in [-0.05, 0) is 58.3 Å². The van der Waals surface area contributed by atoms with Crippen molar-refractivity contribution in [1.82, 2.24) is 5.32 Å². The Kier molecular flexibility index (Phi) is 5.23. The van der Waals surface area contributed by atoms with E-state index in [1.54, 1.807) is 19.1 Å². The molecule has 2 N–H and O–H groups in total. The van der Waals surface area contributed by atoms with Gasteiger partial charge >= 0.3 is 13.1 Å². The van der Waals surface area contributed by atoms with Crippen LogP contribution in [0.3, 0.4) is 0 Å². The smallest absolute Gasteiger partial charge is 0.478 e. The highest BCUT2D eigenvalue weighted by molar-refractivity contribution is 6.56. The Morgan fingerprint density at radius 1 is 1.25 bits per heavy atom. The fourth-order valence-corrected chi connectivity index (χ4v) is 2.70. The van der Waals surface area contributed by atoms with E-state index in [9.17, 15) is 9.90 Å². The summed E-state index contributed by atoms with van der Waals surface area (Å²) < 4.78 is 12.2. The molecular weight excluding hydrogens is 305 g/mol. The minimum absolute atomic E-state index is 0.308. The van der Waals surface area contributed by atoms with Crippen molar-refractivity contribution in [3.8, 4) is 0 Å². The van der Waals surface area contributed by atoms with Crippen molar-refractivity contribution in [2.24, 2.45) is 0 Å². The second-order valence-corrected chi connectivity index (χ2v) is 7.18. The molecule has 1 aromatic carbocycles. The molecule has 0 spiro atoms. The Morgan fingerprint density at radius 3 is 2.33 bits per heavy atom. The van der Waals surface area contributed by atoms with Crippen molar-refractivity contribution >= 4 is 19.2 Å². The summed E-state index contributed by atoms with van der Waals surface area (Å²) in [6.45, 7) is 10.3. The summed E-state index contributed by atoms with van der Waals surface area (Å²) in [4.78, 5) is 11.6. The third-order valence-electron chi connectivity index (χ3n) is 4.80. The normalized spacial score (nSPS) is 19.6. The molecule has 1 aliphatic heterocycles. The zero-order valence-corrected chi connectivity index (χ0v) is 15.3. The van der Waals surface area contributed by atoms with Gasteiger partial charge in [0.25, 0.3) is 0 Å². The lowest BCUT2D eigenvalue weighted by molar-refractivity contribution is 0.00578. The second-order valence-electron chi connectivity index (χ2n) is 7.18. The Morgan fingerprint density at radius 2 is 1.83 bits per heavy atom. The zero-order chi connectivity index (χ0) is 18.1. The van der Waals surface area contributed by atoms with E-state index >= 15 is 0 Å². The van der Waals surface area contributed by atoms with Gasteiger partial charge in [0.1, 0.15) is 0 Å². The largest absolute Gasteiger partial charge is 0.491 e. The topological polar surface area (TPSA) is 67.8 Å². The molecule has 130 valence electrons. The molecule has 0 aromatic heterocycles. The number of likely N-dealkylation sites (N-methyl/N-ethyl adjacent to an activating group) is 1. The van der Waals surface area contributed by atoms with E-state index in [4.69, 9.17) is 9.31 Å². The zero-order valence-electron chi connectivity index (χ0n) is 15.3. The molecule has 1 aliphatic rings. The number of benzene rings is 1. The molecule has 6 heteroatoms. The van der Waals surface area contributed by atoms with E-state index in [1.807, 2.05) is 46.9 Å². The quantitative estimate of drug-likeness (QED) is 0.812. The average molecular weight is 331 g/mol. The third kappa shape index (κ3) is 3.56. The molecule has 0 aliphatic carbocycles. The van der Waals surface area contributed by atoms with Crippen molar-refractivity contribution < 1.29 is 19.2 Å². The lowest BCUT2D eigenvalue weighted by Gasteiger charge is -2.32. The van der Waals surface area contributed by atoms with Crippen molar-refractivity contribution in [3.63, 3.8) is 0 Å². The minimum Gasteiger partial charge on any atom is -0.478 e. The number of hydrogen-bond acceptors (Lipinski definition) is 4. The summed E-state index contributed by atoms with van der Waals surface area (Å²) in [5.74, 6) is -0.933. The first-order valence-corrected chi connectivity index (χ1v) is 8.12. The van der Waals surface area contributed by atoms with Crippen LogP contribution >= 0.6 is 0 Å². The maximum Gasteiger partial charge on any atom is 0.491 e. The Balaban J connectivity index is 2.45. The second kappa shape index (κ2) is 6.71. The van der Waals surface area contributed by atoms with Gasteiger partial charge in [-0.15, -0.1) is 0 Å². The molecule has 0 bridgehead atoms.